The zero-order valence-electron chi connectivity index (χ0n) is 11.5. The number of aryl methyl sites for hydroxylation is 1. The highest BCUT2D eigenvalue weighted by molar-refractivity contribution is 6.10. The maximum Gasteiger partial charge on any atom is 0.282 e. The number of carbonyl (C=O) groups excluding carboxylic acids is 1. The first kappa shape index (κ1) is 13.7. The second-order valence-corrected chi connectivity index (χ2v) is 4.72. The molecule has 0 saturated heterocycles. The van der Waals surface area contributed by atoms with Crippen molar-refractivity contribution in [1.29, 1.82) is 0 Å². The Morgan fingerprint density at radius 3 is 2.95 bits per heavy atom. The van der Waals surface area contributed by atoms with E-state index in [0.29, 0.717) is 16.7 Å². The van der Waals surface area contributed by atoms with Crippen molar-refractivity contribution in [2.24, 2.45) is 0 Å². The highest BCUT2D eigenvalue weighted by Crippen LogP contribution is 2.24. The normalized spacial score (nSPS) is 10.6. The first-order valence-corrected chi connectivity index (χ1v) is 6.41. The third-order valence-electron chi connectivity index (χ3n) is 3.20. The average Bonchev–Trinajstić information content (AvgIpc) is 2.96. The van der Waals surface area contributed by atoms with Gasteiger partial charge >= 0.3 is 0 Å². The number of pyridine rings is 1. The van der Waals surface area contributed by atoms with Crippen molar-refractivity contribution >= 4 is 28.3 Å². The largest absolute Gasteiger partial charge is 0.321 e. The van der Waals surface area contributed by atoms with Gasteiger partial charge in [0.2, 0.25) is 0 Å². The van der Waals surface area contributed by atoms with E-state index in [4.69, 9.17) is 0 Å². The Kier molecular flexibility index (Phi) is 3.26. The molecule has 2 N–H and O–H groups in total. The molecule has 2 heterocycles. The smallest absolute Gasteiger partial charge is 0.282 e. The van der Waals surface area contributed by atoms with Crippen LogP contribution in [0.5, 0.6) is 0 Å². The summed E-state index contributed by atoms with van der Waals surface area (Å²) in [4.78, 5) is 26.9. The summed E-state index contributed by atoms with van der Waals surface area (Å²) in [5.74, 6) is -0.552. The van der Waals surface area contributed by atoms with Crippen LogP contribution in [-0.4, -0.2) is 26.0 Å². The summed E-state index contributed by atoms with van der Waals surface area (Å²) in [6.45, 7) is 1.77. The zero-order valence-corrected chi connectivity index (χ0v) is 11.5. The van der Waals surface area contributed by atoms with Crippen LogP contribution in [0.2, 0.25) is 0 Å². The molecular weight excluding hydrogens is 286 g/mol. The Labute approximate surface area is 124 Å². The number of nitro benzene ring substituents is 1. The maximum absolute atomic E-state index is 12.4. The second kappa shape index (κ2) is 5.24. The van der Waals surface area contributed by atoms with Crippen LogP contribution in [0.1, 0.15) is 15.9 Å². The molecule has 0 radical (unpaired) electrons. The molecule has 1 amide bonds. The predicted molar refractivity (Wildman–Crippen MR) is 79.7 cm³/mol. The fourth-order valence-electron chi connectivity index (χ4n) is 2.14. The molecule has 0 unspecified atom stereocenters. The molecule has 3 aromatic rings. The minimum atomic E-state index is -0.575. The van der Waals surface area contributed by atoms with E-state index >= 15 is 0 Å². The number of H-pyrrole nitrogens is 1. The van der Waals surface area contributed by atoms with Crippen LogP contribution in [-0.2, 0) is 0 Å². The third kappa shape index (κ3) is 2.37. The molecule has 8 nitrogen and oxygen atoms in total. The van der Waals surface area contributed by atoms with Crippen molar-refractivity contribution in [1.82, 2.24) is 15.2 Å². The van der Waals surface area contributed by atoms with Crippen molar-refractivity contribution < 1.29 is 9.72 Å². The number of benzene rings is 1. The summed E-state index contributed by atoms with van der Waals surface area (Å²) < 4.78 is 0. The fourth-order valence-corrected chi connectivity index (χ4v) is 2.14. The molecule has 1 aromatic carbocycles. The van der Waals surface area contributed by atoms with Crippen LogP contribution in [0.15, 0.2) is 36.7 Å². The molecule has 0 spiro atoms. The van der Waals surface area contributed by atoms with Crippen molar-refractivity contribution in [2.75, 3.05) is 5.32 Å². The summed E-state index contributed by atoms with van der Waals surface area (Å²) in [6.07, 6.45) is 3.05. The van der Waals surface area contributed by atoms with E-state index in [2.05, 4.69) is 20.5 Å². The summed E-state index contributed by atoms with van der Waals surface area (Å²) >= 11 is 0. The maximum atomic E-state index is 12.4. The van der Waals surface area contributed by atoms with Gasteiger partial charge in [-0.2, -0.15) is 5.10 Å². The number of rotatable bonds is 3. The minimum Gasteiger partial charge on any atom is -0.321 e. The first-order chi connectivity index (χ1) is 10.6. The van der Waals surface area contributed by atoms with Crippen LogP contribution >= 0.6 is 0 Å². The van der Waals surface area contributed by atoms with Crippen LogP contribution in [0.25, 0.3) is 11.0 Å². The van der Waals surface area contributed by atoms with Crippen LogP contribution in [0.4, 0.5) is 11.4 Å². The molecule has 2 aromatic heterocycles. The molecule has 0 fully saturated rings. The highest BCUT2D eigenvalue weighted by Gasteiger charge is 2.20. The molecule has 0 aliphatic heterocycles. The van der Waals surface area contributed by atoms with E-state index in [1.165, 1.54) is 24.5 Å². The van der Waals surface area contributed by atoms with E-state index in [1.54, 1.807) is 19.1 Å². The fraction of sp³-hybridized carbons (Fsp3) is 0.0714. The van der Waals surface area contributed by atoms with Gasteiger partial charge in [0.1, 0.15) is 5.56 Å². The van der Waals surface area contributed by atoms with Crippen LogP contribution in [0.3, 0.4) is 0 Å². The molecule has 0 aliphatic rings. The summed E-state index contributed by atoms with van der Waals surface area (Å²) in [5.41, 5.74) is 1.55. The molecule has 22 heavy (non-hydrogen) atoms. The van der Waals surface area contributed by atoms with Gasteiger partial charge in [0, 0.05) is 12.3 Å². The molecule has 110 valence electrons. The molecular formula is C14H11N5O3. The van der Waals surface area contributed by atoms with Gasteiger partial charge in [-0.25, -0.2) is 4.98 Å². The molecule has 8 heteroatoms. The number of aromatic nitrogens is 3. The number of carbonyl (C=O) groups is 1. The van der Waals surface area contributed by atoms with Crippen LogP contribution < -0.4 is 5.32 Å². The van der Waals surface area contributed by atoms with E-state index < -0.39 is 10.8 Å². The molecule has 0 bridgehead atoms. The van der Waals surface area contributed by atoms with Crippen molar-refractivity contribution in [3.05, 3.63) is 57.9 Å². The number of hydrogen-bond donors (Lipinski definition) is 2. The Bertz CT molecular complexity index is 887. The number of anilines is 1. The van der Waals surface area contributed by atoms with Gasteiger partial charge in [0.25, 0.3) is 11.6 Å². The number of fused-ring (bicyclic) bond motifs is 1. The van der Waals surface area contributed by atoms with E-state index in [1.807, 2.05) is 0 Å². The number of aromatic amines is 1. The SMILES string of the molecule is Cc1ccc([N+](=O)[O-])c(C(=O)Nc2ccnc3[nH]ncc23)c1. The van der Waals surface area contributed by atoms with Crippen molar-refractivity contribution in [3.63, 3.8) is 0 Å². The number of nitrogens with one attached hydrogen (secondary N) is 2. The Hall–Kier alpha value is -3.29. The van der Waals surface area contributed by atoms with Gasteiger partial charge in [-0.1, -0.05) is 6.07 Å². The van der Waals surface area contributed by atoms with Crippen molar-refractivity contribution in [2.45, 2.75) is 6.92 Å². The highest BCUT2D eigenvalue weighted by atomic mass is 16.6. The molecule has 0 saturated carbocycles. The zero-order chi connectivity index (χ0) is 15.7. The lowest BCUT2D eigenvalue weighted by Gasteiger charge is -2.07. The molecule has 0 atom stereocenters. The quantitative estimate of drug-likeness (QED) is 0.569. The van der Waals surface area contributed by atoms with Gasteiger partial charge < -0.3 is 5.32 Å². The van der Waals surface area contributed by atoms with E-state index in [0.717, 1.165) is 5.56 Å². The summed E-state index contributed by atoms with van der Waals surface area (Å²) in [6, 6.07) is 6.01. The lowest BCUT2D eigenvalue weighted by molar-refractivity contribution is -0.385. The Balaban J connectivity index is 2.00. The lowest BCUT2D eigenvalue weighted by Crippen LogP contribution is -2.14. The van der Waals surface area contributed by atoms with Crippen LogP contribution in [0, 0.1) is 17.0 Å². The van der Waals surface area contributed by atoms with Gasteiger partial charge in [0.15, 0.2) is 5.65 Å². The number of hydrogen-bond acceptors (Lipinski definition) is 5. The van der Waals surface area contributed by atoms with E-state index in [-0.39, 0.29) is 11.3 Å². The molecule has 3 rings (SSSR count). The first-order valence-electron chi connectivity index (χ1n) is 6.41. The van der Waals surface area contributed by atoms with Gasteiger partial charge in [-0.15, -0.1) is 0 Å². The minimum absolute atomic E-state index is 0.0125. The standard InChI is InChI=1S/C14H11N5O3/c1-8-2-3-12(19(21)22)9(6-8)14(20)17-11-4-5-15-13-10(11)7-16-18-13/h2-7H,1H3,(H2,15,16,17,18,20). The van der Waals surface area contributed by atoms with E-state index in [9.17, 15) is 14.9 Å². The predicted octanol–water partition coefficient (Wildman–Crippen LogP) is 2.43. The lowest BCUT2D eigenvalue weighted by atomic mass is 10.1. The second-order valence-electron chi connectivity index (χ2n) is 4.72. The average molecular weight is 297 g/mol. The van der Waals surface area contributed by atoms with Crippen molar-refractivity contribution in [3.8, 4) is 0 Å². The van der Waals surface area contributed by atoms with Gasteiger partial charge in [-0.3, -0.25) is 20.0 Å². The Morgan fingerprint density at radius 1 is 1.36 bits per heavy atom. The number of nitrogens with zero attached hydrogens (tertiary/aromatic N) is 3. The number of amides is 1. The summed E-state index contributed by atoms with van der Waals surface area (Å²) in [5, 5.41) is 20.9. The summed E-state index contributed by atoms with van der Waals surface area (Å²) in [7, 11) is 0. The van der Waals surface area contributed by atoms with Gasteiger partial charge in [-0.05, 0) is 24.6 Å². The Morgan fingerprint density at radius 2 is 2.18 bits per heavy atom. The topological polar surface area (TPSA) is 114 Å². The number of nitro groups is 1. The van der Waals surface area contributed by atoms with Gasteiger partial charge in [0.05, 0.1) is 22.2 Å². The monoisotopic (exact) mass is 297 g/mol. The molecule has 0 aliphatic carbocycles. The third-order valence-corrected chi connectivity index (χ3v) is 3.20.